The first-order chi connectivity index (χ1) is 10.2. The minimum Gasteiger partial charge on any atom is -0.508 e. The van der Waals surface area contributed by atoms with Crippen molar-refractivity contribution in [2.24, 2.45) is 5.73 Å². The van der Waals surface area contributed by atoms with E-state index in [0.29, 0.717) is 12.2 Å². The maximum atomic E-state index is 10.2. The number of nitrogens with two attached hydrogens (primary N) is 1. The third kappa shape index (κ3) is 3.06. The van der Waals surface area contributed by atoms with Crippen LogP contribution in [0.1, 0.15) is 11.1 Å². The van der Waals surface area contributed by atoms with Crippen LogP contribution in [0.2, 0.25) is 0 Å². The summed E-state index contributed by atoms with van der Waals surface area (Å²) in [7, 11) is 0. The van der Waals surface area contributed by atoms with E-state index in [1.54, 1.807) is 6.07 Å². The van der Waals surface area contributed by atoms with E-state index in [9.17, 15) is 5.11 Å². The van der Waals surface area contributed by atoms with Crippen molar-refractivity contribution in [2.75, 3.05) is 0 Å². The van der Waals surface area contributed by atoms with Crippen molar-refractivity contribution >= 4 is 10.8 Å². The number of benzene rings is 3. The van der Waals surface area contributed by atoms with E-state index in [0.717, 1.165) is 22.8 Å². The van der Waals surface area contributed by atoms with E-state index in [-0.39, 0.29) is 6.04 Å². The average Bonchev–Trinajstić information content (AvgIpc) is 2.51. The maximum absolute atomic E-state index is 10.2. The van der Waals surface area contributed by atoms with Gasteiger partial charge >= 0.3 is 0 Å². The second kappa shape index (κ2) is 5.98. The summed E-state index contributed by atoms with van der Waals surface area (Å²) in [6, 6.07) is 22.0. The number of phenolic OH excluding ortho intramolecular Hbond substituents is 1. The molecular formula is C19H19NO. The van der Waals surface area contributed by atoms with Gasteiger partial charge in [0.1, 0.15) is 5.75 Å². The zero-order valence-electron chi connectivity index (χ0n) is 11.9. The first-order valence-electron chi connectivity index (χ1n) is 7.23. The molecule has 3 rings (SSSR count). The van der Waals surface area contributed by atoms with E-state index in [4.69, 9.17) is 5.73 Å². The Balaban J connectivity index is 1.86. The quantitative estimate of drug-likeness (QED) is 0.764. The van der Waals surface area contributed by atoms with Crippen molar-refractivity contribution in [3.8, 4) is 5.75 Å². The molecule has 0 saturated heterocycles. The Labute approximate surface area is 124 Å². The summed E-state index contributed by atoms with van der Waals surface area (Å²) in [5.41, 5.74) is 8.45. The van der Waals surface area contributed by atoms with E-state index in [1.807, 2.05) is 42.5 Å². The highest BCUT2D eigenvalue weighted by Gasteiger charge is 2.12. The molecule has 0 aliphatic rings. The van der Waals surface area contributed by atoms with Gasteiger partial charge in [-0.1, -0.05) is 60.7 Å². The van der Waals surface area contributed by atoms with E-state index in [1.165, 1.54) is 5.56 Å². The molecule has 1 unspecified atom stereocenters. The fourth-order valence-electron chi connectivity index (χ4n) is 2.79. The van der Waals surface area contributed by atoms with Crippen LogP contribution in [-0.2, 0) is 12.8 Å². The van der Waals surface area contributed by atoms with E-state index >= 15 is 0 Å². The van der Waals surface area contributed by atoms with Crippen LogP contribution in [0.4, 0.5) is 0 Å². The third-order valence-corrected chi connectivity index (χ3v) is 3.82. The minimum atomic E-state index is -0.0101. The molecule has 106 valence electrons. The lowest BCUT2D eigenvalue weighted by atomic mass is 9.95. The molecule has 0 bridgehead atoms. The molecule has 1 atom stereocenters. The highest BCUT2D eigenvalue weighted by molar-refractivity contribution is 5.87. The molecule has 0 heterocycles. The van der Waals surface area contributed by atoms with Crippen LogP contribution >= 0.6 is 0 Å². The zero-order valence-corrected chi connectivity index (χ0v) is 11.9. The van der Waals surface area contributed by atoms with Crippen molar-refractivity contribution in [1.29, 1.82) is 0 Å². The van der Waals surface area contributed by atoms with Gasteiger partial charge < -0.3 is 10.8 Å². The Kier molecular flexibility index (Phi) is 3.89. The zero-order chi connectivity index (χ0) is 14.7. The van der Waals surface area contributed by atoms with Gasteiger partial charge in [-0.15, -0.1) is 0 Å². The molecule has 0 aliphatic carbocycles. The molecule has 21 heavy (non-hydrogen) atoms. The fourth-order valence-corrected chi connectivity index (χ4v) is 2.79. The Bertz CT molecular complexity index is 737. The highest BCUT2D eigenvalue weighted by atomic mass is 16.3. The van der Waals surface area contributed by atoms with Crippen molar-refractivity contribution < 1.29 is 5.11 Å². The number of hydrogen-bond donors (Lipinski definition) is 2. The van der Waals surface area contributed by atoms with Gasteiger partial charge in [-0.05, 0) is 35.2 Å². The summed E-state index contributed by atoms with van der Waals surface area (Å²) in [4.78, 5) is 0. The summed E-state index contributed by atoms with van der Waals surface area (Å²) in [6.07, 6.45) is 1.48. The molecule has 0 radical (unpaired) electrons. The van der Waals surface area contributed by atoms with Gasteiger partial charge in [0.2, 0.25) is 0 Å². The summed E-state index contributed by atoms with van der Waals surface area (Å²) in [6.45, 7) is 0. The molecule has 0 saturated carbocycles. The van der Waals surface area contributed by atoms with Crippen molar-refractivity contribution in [3.05, 3.63) is 77.9 Å². The van der Waals surface area contributed by atoms with E-state index < -0.39 is 0 Å². The lowest BCUT2D eigenvalue weighted by Gasteiger charge is -2.15. The van der Waals surface area contributed by atoms with E-state index in [2.05, 4.69) is 18.2 Å². The monoisotopic (exact) mass is 277 g/mol. The summed E-state index contributed by atoms with van der Waals surface area (Å²) < 4.78 is 0. The van der Waals surface area contributed by atoms with Gasteiger partial charge in [0.15, 0.2) is 0 Å². The predicted octanol–water partition coefficient (Wildman–Crippen LogP) is 3.66. The smallest absolute Gasteiger partial charge is 0.119 e. The largest absolute Gasteiger partial charge is 0.508 e. The average molecular weight is 277 g/mol. The standard InChI is InChI=1S/C19H19NO/c20-16(12-14-6-2-1-3-7-14)13-18-17-9-5-4-8-15(17)10-11-19(18)21/h1-11,16,21H,12-13,20H2. The number of aromatic hydroxyl groups is 1. The molecule has 0 spiro atoms. The minimum absolute atomic E-state index is 0.0101. The number of fused-ring (bicyclic) bond motifs is 1. The Morgan fingerprint density at radius 1 is 0.810 bits per heavy atom. The van der Waals surface area contributed by atoms with Crippen LogP contribution in [0.15, 0.2) is 66.7 Å². The molecule has 3 aromatic rings. The van der Waals surface area contributed by atoms with Gasteiger partial charge in [0.05, 0.1) is 0 Å². The number of rotatable bonds is 4. The van der Waals surface area contributed by atoms with Gasteiger partial charge in [0.25, 0.3) is 0 Å². The first kappa shape index (κ1) is 13.7. The molecule has 0 aliphatic heterocycles. The Morgan fingerprint density at radius 3 is 2.33 bits per heavy atom. The Hall–Kier alpha value is -2.32. The second-order valence-electron chi connectivity index (χ2n) is 5.44. The maximum Gasteiger partial charge on any atom is 0.119 e. The second-order valence-corrected chi connectivity index (χ2v) is 5.44. The lowest BCUT2D eigenvalue weighted by Crippen LogP contribution is -2.25. The van der Waals surface area contributed by atoms with Crippen LogP contribution in [0.25, 0.3) is 10.8 Å². The molecule has 2 nitrogen and oxygen atoms in total. The van der Waals surface area contributed by atoms with Crippen LogP contribution in [0, 0.1) is 0 Å². The molecule has 3 N–H and O–H groups in total. The van der Waals surface area contributed by atoms with Crippen LogP contribution in [0.5, 0.6) is 5.75 Å². The van der Waals surface area contributed by atoms with Gasteiger partial charge in [-0.3, -0.25) is 0 Å². The number of hydrogen-bond acceptors (Lipinski definition) is 2. The topological polar surface area (TPSA) is 46.2 Å². The van der Waals surface area contributed by atoms with Crippen LogP contribution < -0.4 is 5.73 Å². The SMILES string of the molecule is NC(Cc1ccccc1)Cc1c(O)ccc2ccccc12. The molecule has 3 aromatic carbocycles. The van der Waals surface area contributed by atoms with Crippen LogP contribution in [0.3, 0.4) is 0 Å². The van der Waals surface area contributed by atoms with Gasteiger partial charge in [-0.25, -0.2) is 0 Å². The molecule has 2 heteroatoms. The summed E-state index contributed by atoms with van der Waals surface area (Å²) in [5.74, 6) is 0.331. The normalized spacial score (nSPS) is 12.4. The molecular weight excluding hydrogens is 258 g/mol. The Morgan fingerprint density at radius 2 is 1.52 bits per heavy atom. The molecule has 0 amide bonds. The highest BCUT2D eigenvalue weighted by Crippen LogP contribution is 2.28. The van der Waals surface area contributed by atoms with Crippen molar-refractivity contribution in [2.45, 2.75) is 18.9 Å². The summed E-state index contributed by atoms with van der Waals surface area (Å²) in [5, 5.41) is 12.4. The lowest BCUT2D eigenvalue weighted by molar-refractivity contribution is 0.466. The predicted molar refractivity (Wildman–Crippen MR) is 87.4 cm³/mol. The summed E-state index contributed by atoms with van der Waals surface area (Å²) >= 11 is 0. The van der Waals surface area contributed by atoms with Gasteiger partial charge in [-0.2, -0.15) is 0 Å². The van der Waals surface area contributed by atoms with Crippen molar-refractivity contribution in [1.82, 2.24) is 0 Å². The third-order valence-electron chi connectivity index (χ3n) is 3.82. The number of phenols is 1. The van der Waals surface area contributed by atoms with Crippen LogP contribution in [-0.4, -0.2) is 11.1 Å². The van der Waals surface area contributed by atoms with Crippen molar-refractivity contribution in [3.63, 3.8) is 0 Å². The van der Waals surface area contributed by atoms with Gasteiger partial charge in [0, 0.05) is 11.6 Å². The fraction of sp³-hybridized carbons (Fsp3) is 0.158. The molecule has 0 fully saturated rings. The first-order valence-corrected chi connectivity index (χ1v) is 7.23. The molecule has 0 aromatic heterocycles.